The minimum absolute atomic E-state index is 0.0350. The molecule has 0 N–H and O–H groups in total. The van der Waals surface area contributed by atoms with Crippen molar-refractivity contribution in [1.29, 1.82) is 0 Å². The average Bonchev–Trinajstić information content (AvgIpc) is 2.28. The first-order chi connectivity index (χ1) is 8.04. The maximum Gasteiger partial charge on any atom is 0.142 e. The predicted octanol–water partition coefficient (Wildman–Crippen LogP) is 3.25. The van der Waals surface area contributed by atoms with Crippen LogP contribution in [0.25, 0.3) is 0 Å². The van der Waals surface area contributed by atoms with Crippen molar-refractivity contribution < 1.29 is 9.57 Å². The number of oxime groups is 1. The zero-order chi connectivity index (χ0) is 12.7. The number of methoxy groups -OCH3 is 1. The summed E-state index contributed by atoms with van der Waals surface area (Å²) < 4.78 is 5.12. The summed E-state index contributed by atoms with van der Waals surface area (Å²) in [6.07, 6.45) is 0. The molecule has 0 fully saturated rings. The first kappa shape index (κ1) is 13.7. The monoisotopic (exact) mass is 235 g/mol. The molecule has 0 bridgehead atoms. The highest BCUT2D eigenvalue weighted by Gasteiger charge is 2.19. The summed E-state index contributed by atoms with van der Waals surface area (Å²) in [5, 5.41) is 4.17. The Morgan fingerprint density at radius 3 is 2.35 bits per heavy atom. The van der Waals surface area contributed by atoms with Gasteiger partial charge < -0.3 is 9.57 Å². The maximum absolute atomic E-state index is 5.37. The fourth-order valence-corrected chi connectivity index (χ4v) is 1.28. The summed E-state index contributed by atoms with van der Waals surface area (Å²) in [6.45, 7) is 7.27. The van der Waals surface area contributed by atoms with Crippen LogP contribution in [0.3, 0.4) is 0 Å². The van der Waals surface area contributed by atoms with Crippen molar-refractivity contribution in [2.75, 3.05) is 13.7 Å². The molecule has 0 unspecified atom stereocenters. The van der Waals surface area contributed by atoms with Gasteiger partial charge in [0.2, 0.25) is 0 Å². The van der Waals surface area contributed by atoms with E-state index < -0.39 is 0 Å². The topological polar surface area (TPSA) is 30.8 Å². The maximum atomic E-state index is 5.37. The zero-order valence-corrected chi connectivity index (χ0v) is 11.1. The van der Waals surface area contributed by atoms with Crippen LogP contribution in [0.5, 0.6) is 0 Å². The highest BCUT2D eigenvalue weighted by atomic mass is 16.6. The smallest absolute Gasteiger partial charge is 0.142 e. The highest BCUT2D eigenvalue weighted by molar-refractivity contribution is 5.89. The standard InChI is InChI=1S/C14H21NO2/c1-14(2,3)13(11-16-4)15-17-10-12-8-6-5-7-9-12/h5-9H,10-11H2,1-4H3/b15-13+. The lowest BCUT2D eigenvalue weighted by Crippen LogP contribution is -2.25. The van der Waals surface area contributed by atoms with Crippen molar-refractivity contribution in [1.82, 2.24) is 0 Å². The molecule has 3 nitrogen and oxygen atoms in total. The molecule has 0 atom stereocenters. The van der Waals surface area contributed by atoms with Gasteiger partial charge in [0.05, 0.1) is 12.3 Å². The lowest BCUT2D eigenvalue weighted by Gasteiger charge is -2.20. The van der Waals surface area contributed by atoms with E-state index in [4.69, 9.17) is 9.57 Å². The van der Waals surface area contributed by atoms with Crippen molar-refractivity contribution >= 4 is 5.71 Å². The fourth-order valence-electron chi connectivity index (χ4n) is 1.28. The lowest BCUT2D eigenvalue weighted by molar-refractivity contribution is 0.123. The van der Waals surface area contributed by atoms with E-state index in [-0.39, 0.29) is 5.41 Å². The Labute approximate surface area is 103 Å². The van der Waals surface area contributed by atoms with Crippen LogP contribution in [-0.4, -0.2) is 19.4 Å². The van der Waals surface area contributed by atoms with Crippen molar-refractivity contribution in [2.24, 2.45) is 10.6 Å². The Bertz CT molecular complexity index is 352. The van der Waals surface area contributed by atoms with Gasteiger partial charge >= 0.3 is 0 Å². The number of benzene rings is 1. The molecule has 1 aromatic carbocycles. The molecule has 0 saturated carbocycles. The van der Waals surface area contributed by atoms with E-state index in [0.717, 1.165) is 11.3 Å². The van der Waals surface area contributed by atoms with Crippen molar-refractivity contribution in [3.05, 3.63) is 35.9 Å². The largest absolute Gasteiger partial charge is 0.391 e. The van der Waals surface area contributed by atoms with Gasteiger partial charge in [-0.1, -0.05) is 56.3 Å². The molecule has 0 aromatic heterocycles. The quantitative estimate of drug-likeness (QED) is 0.579. The Kier molecular flexibility index (Phi) is 5.16. The van der Waals surface area contributed by atoms with E-state index in [1.54, 1.807) is 7.11 Å². The molecule has 0 saturated heterocycles. The van der Waals surface area contributed by atoms with Gasteiger partial charge in [-0.05, 0) is 5.56 Å². The van der Waals surface area contributed by atoms with E-state index in [1.165, 1.54) is 0 Å². The first-order valence-corrected chi connectivity index (χ1v) is 5.76. The minimum atomic E-state index is -0.0350. The Morgan fingerprint density at radius 2 is 1.82 bits per heavy atom. The number of hydrogen-bond donors (Lipinski definition) is 0. The fraction of sp³-hybridized carbons (Fsp3) is 0.500. The van der Waals surface area contributed by atoms with E-state index >= 15 is 0 Å². The van der Waals surface area contributed by atoms with Crippen molar-refractivity contribution in [3.63, 3.8) is 0 Å². The Balaban J connectivity index is 2.56. The molecular weight excluding hydrogens is 214 g/mol. The molecule has 3 heteroatoms. The van der Waals surface area contributed by atoms with Gasteiger partial charge in [0.15, 0.2) is 0 Å². The van der Waals surface area contributed by atoms with Gasteiger partial charge in [0.1, 0.15) is 6.61 Å². The summed E-state index contributed by atoms with van der Waals surface area (Å²) in [6, 6.07) is 9.99. The molecule has 0 radical (unpaired) electrons. The molecule has 94 valence electrons. The van der Waals surface area contributed by atoms with E-state index in [2.05, 4.69) is 25.9 Å². The molecule has 1 aromatic rings. The van der Waals surface area contributed by atoms with E-state index in [0.29, 0.717) is 13.2 Å². The summed E-state index contributed by atoms with van der Waals surface area (Å²) in [4.78, 5) is 5.37. The van der Waals surface area contributed by atoms with Crippen LogP contribution >= 0.6 is 0 Å². The molecule has 0 aliphatic heterocycles. The van der Waals surface area contributed by atoms with Gasteiger partial charge in [-0.15, -0.1) is 0 Å². The second-order valence-corrected chi connectivity index (χ2v) is 4.98. The third kappa shape index (κ3) is 5.00. The van der Waals surface area contributed by atoms with Gasteiger partial charge in [0.25, 0.3) is 0 Å². The molecule has 0 aliphatic rings. The highest BCUT2D eigenvalue weighted by Crippen LogP contribution is 2.16. The van der Waals surface area contributed by atoms with Crippen molar-refractivity contribution in [2.45, 2.75) is 27.4 Å². The van der Waals surface area contributed by atoms with Crippen LogP contribution in [0.4, 0.5) is 0 Å². The lowest BCUT2D eigenvalue weighted by atomic mass is 9.90. The summed E-state index contributed by atoms with van der Waals surface area (Å²) in [5.41, 5.74) is 1.99. The van der Waals surface area contributed by atoms with E-state index in [1.807, 2.05) is 30.3 Å². The van der Waals surface area contributed by atoms with Crippen LogP contribution < -0.4 is 0 Å². The number of hydrogen-bond acceptors (Lipinski definition) is 3. The molecule has 1 rings (SSSR count). The van der Waals surface area contributed by atoms with Crippen LogP contribution in [0, 0.1) is 5.41 Å². The summed E-state index contributed by atoms with van der Waals surface area (Å²) in [5.74, 6) is 0. The Morgan fingerprint density at radius 1 is 1.18 bits per heavy atom. The number of rotatable bonds is 5. The van der Waals surface area contributed by atoms with Crippen molar-refractivity contribution in [3.8, 4) is 0 Å². The summed E-state index contributed by atoms with van der Waals surface area (Å²) in [7, 11) is 1.67. The molecular formula is C14H21NO2. The van der Waals surface area contributed by atoms with Gasteiger partial charge in [0, 0.05) is 12.5 Å². The zero-order valence-electron chi connectivity index (χ0n) is 11.1. The second-order valence-electron chi connectivity index (χ2n) is 4.98. The summed E-state index contributed by atoms with van der Waals surface area (Å²) >= 11 is 0. The Hall–Kier alpha value is -1.35. The first-order valence-electron chi connectivity index (χ1n) is 5.76. The molecule has 0 heterocycles. The molecule has 0 aliphatic carbocycles. The minimum Gasteiger partial charge on any atom is -0.391 e. The number of ether oxygens (including phenoxy) is 1. The van der Waals surface area contributed by atoms with Gasteiger partial charge in [-0.2, -0.15) is 0 Å². The number of nitrogens with zero attached hydrogens (tertiary/aromatic N) is 1. The van der Waals surface area contributed by atoms with Crippen LogP contribution in [0.2, 0.25) is 0 Å². The molecule has 0 amide bonds. The SMILES string of the molecule is COC/C(=N\OCc1ccccc1)C(C)(C)C. The van der Waals surface area contributed by atoms with Crippen LogP contribution in [-0.2, 0) is 16.2 Å². The predicted molar refractivity (Wildman–Crippen MR) is 70.0 cm³/mol. The normalized spacial score (nSPS) is 12.6. The third-order valence-electron chi connectivity index (χ3n) is 2.40. The second kappa shape index (κ2) is 6.40. The third-order valence-corrected chi connectivity index (χ3v) is 2.40. The van der Waals surface area contributed by atoms with Gasteiger partial charge in [-0.25, -0.2) is 0 Å². The molecule has 17 heavy (non-hydrogen) atoms. The van der Waals surface area contributed by atoms with Crippen LogP contribution in [0.15, 0.2) is 35.5 Å². The average molecular weight is 235 g/mol. The molecule has 0 spiro atoms. The van der Waals surface area contributed by atoms with Crippen LogP contribution in [0.1, 0.15) is 26.3 Å². The van der Waals surface area contributed by atoms with E-state index in [9.17, 15) is 0 Å². The van der Waals surface area contributed by atoms with Gasteiger partial charge in [-0.3, -0.25) is 0 Å².